The monoisotopic (exact) mass is 253 g/mol. The Morgan fingerprint density at radius 1 is 1.18 bits per heavy atom. The standard InChI is InChI=1S/C9H8NO2P.2C2H6/c1-5-2-3-7-6(4-5)8(13)10-9(11)12-7;2*1-2/h2-4H,13H2,1H3;2*1-2H3. The molecule has 0 aliphatic carbocycles. The molecule has 4 heteroatoms. The van der Waals surface area contributed by atoms with Gasteiger partial charge in [-0.05, 0) is 19.1 Å². The fourth-order valence-corrected chi connectivity index (χ4v) is 1.54. The van der Waals surface area contributed by atoms with E-state index in [-0.39, 0.29) is 0 Å². The molecule has 1 unspecified atom stereocenters. The van der Waals surface area contributed by atoms with Crippen LogP contribution < -0.4 is 11.2 Å². The van der Waals surface area contributed by atoms with Gasteiger partial charge in [-0.15, -0.1) is 0 Å². The van der Waals surface area contributed by atoms with Crippen LogP contribution in [0, 0.1) is 6.92 Å². The highest BCUT2D eigenvalue weighted by Gasteiger charge is 2.02. The van der Waals surface area contributed by atoms with E-state index in [1.54, 1.807) is 6.07 Å². The predicted molar refractivity (Wildman–Crippen MR) is 77.1 cm³/mol. The van der Waals surface area contributed by atoms with Crippen molar-refractivity contribution in [1.82, 2.24) is 4.98 Å². The zero-order valence-corrected chi connectivity index (χ0v) is 12.2. The molecule has 17 heavy (non-hydrogen) atoms. The highest BCUT2D eigenvalue weighted by atomic mass is 31.0. The van der Waals surface area contributed by atoms with E-state index >= 15 is 0 Å². The Bertz CT molecular complexity index is 520. The van der Waals surface area contributed by atoms with E-state index in [2.05, 4.69) is 14.2 Å². The van der Waals surface area contributed by atoms with E-state index in [4.69, 9.17) is 4.42 Å². The third kappa shape index (κ3) is 4.27. The molecule has 1 aromatic heterocycles. The Kier molecular flexibility index (Phi) is 7.40. The van der Waals surface area contributed by atoms with Crippen LogP contribution in [0.5, 0.6) is 0 Å². The number of rotatable bonds is 0. The zero-order chi connectivity index (χ0) is 13.4. The van der Waals surface area contributed by atoms with Gasteiger partial charge in [-0.3, -0.25) is 0 Å². The van der Waals surface area contributed by atoms with Crippen LogP contribution in [0.2, 0.25) is 0 Å². The largest absolute Gasteiger partial charge is 0.439 e. The molecule has 0 aliphatic rings. The Morgan fingerprint density at radius 3 is 2.35 bits per heavy atom. The van der Waals surface area contributed by atoms with Gasteiger partial charge in [-0.1, -0.05) is 48.6 Å². The summed E-state index contributed by atoms with van der Waals surface area (Å²) in [6, 6.07) is 5.62. The quantitative estimate of drug-likeness (QED) is 0.678. The molecule has 3 nitrogen and oxygen atoms in total. The fourth-order valence-electron chi connectivity index (χ4n) is 1.21. The van der Waals surface area contributed by atoms with Crippen molar-refractivity contribution in [2.75, 3.05) is 0 Å². The molecule has 2 aromatic rings. The van der Waals surface area contributed by atoms with Crippen molar-refractivity contribution in [3.63, 3.8) is 0 Å². The molecule has 0 fully saturated rings. The molecule has 2 rings (SSSR count). The maximum Gasteiger partial charge on any atom is 0.439 e. The van der Waals surface area contributed by atoms with Crippen molar-refractivity contribution in [3.05, 3.63) is 34.3 Å². The third-order valence-corrected chi connectivity index (χ3v) is 2.26. The summed E-state index contributed by atoms with van der Waals surface area (Å²) in [6.07, 6.45) is 0. The summed E-state index contributed by atoms with van der Waals surface area (Å²) >= 11 is 0. The highest BCUT2D eigenvalue weighted by molar-refractivity contribution is 7.27. The molecular weight excluding hydrogens is 233 g/mol. The SMILES string of the molecule is CC.CC.Cc1ccc2oc(=O)nc(P)c2c1. The summed E-state index contributed by atoms with van der Waals surface area (Å²) in [5.41, 5.74) is 2.33. The van der Waals surface area contributed by atoms with E-state index in [1.807, 2.05) is 46.8 Å². The van der Waals surface area contributed by atoms with Gasteiger partial charge in [0.1, 0.15) is 5.58 Å². The average molecular weight is 253 g/mol. The first-order chi connectivity index (χ1) is 8.16. The number of aryl methyl sites for hydroxylation is 1. The van der Waals surface area contributed by atoms with Crippen LogP contribution in [0.1, 0.15) is 33.3 Å². The number of hydrogen-bond donors (Lipinski definition) is 0. The minimum Gasteiger partial charge on any atom is -0.408 e. The van der Waals surface area contributed by atoms with Gasteiger partial charge in [0, 0.05) is 5.39 Å². The van der Waals surface area contributed by atoms with Gasteiger partial charge in [0.2, 0.25) is 0 Å². The summed E-state index contributed by atoms with van der Waals surface area (Å²) in [6.45, 7) is 9.98. The summed E-state index contributed by atoms with van der Waals surface area (Å²) in [5.74, 6) is -0.554. The molecule has 0 aliphatic heterocycles. The maximum atomic E-state index is 10.9. The molecule has 0 spiro atoms. The Balaban J connectivity index is 0.000000581. The van der Waals surface area contributed by atoms with Crippen molar-refractivity contribution in [2.24, 2.45) is 0 Å². The van der Waals surface area contributed by atoms with Gasteiger partial charge in [-0.25, -0.2) is 4.79 Å². The Labute approximate surface area is 104 Å². The zero-order valence-electron chi connectivity index (χ0n) is 11.1. The first-order valence-corrected chi connectivity index (χ1v) is 6.41. The molecule has 0 saturated carbocycles. The lowest BCUT2D eigenvalue weighted by Gasteiger charge is -1.99. The maximum absolute atomic E-state index is 10.9. The molecule has 0 amide bonds. The van der Waals surface area contributed by atoms with Crippen LogP contribution in [0.15, 0.2) is 27.4 Å². The first-order valence-electron chi connectivity index (χ1n) is 5.84. The van der Waals surface area contributed by atoms with Gasteiger partial charge in [0.25, 0.3) is 0 Å². The van der Waals surface area contributed by atoms with Crippen molar-refractivity contribution in [1.29, 1.82) is 0 Å². The number of fused-ring (bicyclic) bond motifs is 1. The van der Waals surface area contributed by atoms with E-state index < -0.39 is 5.76 Å². The molecule has 0 N–H and O–H groups in total. The number of hydrogen-bond acceptors (Lipinski definition) is 3. The Hall–Kier alpha value is -1.21. The van der Waals surface area contributed by atoms with E-state index in [1.165, 1.54) is 0 Å². The molecule has 0 saturated heterocycles. The summed E-state index contributed by atoms with van der Waals surface area (Å²) in [5, 5.41) is 0.865. The normalized spacial score (nSPS) is 8.82. The number of aromatic nitrogens is 1. The van der Waals surface area contributed by atoms with Crippen LogP contribution in [0.4, 0.5) is 0 Å². The summed E-state index contributed by atoms with van der Waals surface area (Å²) in [7, 11) is 2.43. The van der Waals surface area contributed by atoms with Crippen LogP contribution in [-0.2, 0) is 0 Å². The number of benzene rings is 1. The molecule has 1 atom stereocenters. The lowest BCUT2D eigenvalue weighted by Crippen LogP contribution is -2.13. The minimum absolute atomic E-state index is 0.554. The molecule has 1 heterocycles. The third-order valence-electron chi connectivity index (χ3n) is 1.82. The van der Waals surface area contributed by atoms with E-state index in [0.717, 1.165) is 10.9 Å². The number of nitrogens with zero attached hydrogens (tertiary/aromatic N) is 1. The van der Waals surface area contributed by atoms with Gasteiger partial charge >= 0.3 is 5.76 Å². The lowest BCUT2D eigenvalue weighted by atomic mass is 10.2. The van der Waals surface area contributed by atoms with Crippen molar-refractivity contribution in [3.8, 4) is 0 Å². The predicted octanol–water partition coefficient (Wildman–Crippen LogP) is 3.05. The molecule has 1 aromatic carbocycles. The van der Waals surface area contributed by atoms with Gasteiger partial charge in [0.05, 0.1) is 5.44 Å². The van der Waals surface area contributed by atoms with Gasteiger partial charge in [0.15, 0.2) is 0 Å². The van der Waals surface area contributed by atoms with Crippen LogP contribution in [0.25, 0.3) is 11.0 Å². The van der Waals surface area contributed by atoms with Crippen molar-refractivity contribution >= 4 is 25.6 Å². The van der Waals surface area contributed by atoms with Crippen LogP contribution in [-0.4, -0.2) is 4.98 Å². The average Bonchev–Trinajstić information content (AvgIpc) is 2.35. The highest BCUT2D eigenvalue weighted by Crippen LogP contribution is 2.12. The topological polar surface area (TPSA) is 43.1 Å². The molecule has 0 bridgehead atoms. The first kappa shape index (κ1) is 15.8. The van der Waals surface area contributed by atoms with E-state index in [9.17, 15) is 4.79 Å². The molecule has 94 valence electrons. The minimum atomic E-state index is -0.554. The second-order valence-electron chi connectivity index (χ2n) is 2.86. The van der Waals surface area contributed by atoms with Crippen molar-refractivity contribution in [2.45, 2.75) is 34.6 Å². The molecular formula is C13H20NO2P. The smallest absolute Gasteiger partial charge is 0.408 e. The van der Waals surface area contributed by atoms with Crippen LogP contribution >= 0.6 is 9.24 Å². The van der Waals surface area contributed by atoms with Gasteiger partial charge in [-0.2, -0.15) is 4.98 Å². The van der Waals surface area contributed by atoms with Crippen molar-refractivity contribution < 1.29 is 4.42 Å². The second kappa shape index (κ2) is 7.97. The Morgan fingerprint density at radius 2 is 1.76 bits per heavy atom. The second-order valence-corrected chi connectivity index (χ2v) is 3.41. The van der Waals surface area contributed by atoms with E-state index in [0.29, 0.717) is 11.0 Å². The van der Waals surface area contributed by atoms with Crippen LogP contribution in [0.3, 0.4) is 0 Å². The summed E-state index contributed by atoms with van der Waals surface area (Å²) < 4.78 is 4.92. The van der Waals surface area contributed by atoms with Gasteiger partial charge < -0.3 is 4.42 Å². The summed E-state index contributed by atoms with van der Waals surface area (Å²) in [4.78, 5) is 14.6. The fraction of sp³-hybridized carbons (Fsp3) is 0.385. The lowest BCUT2D eigenvalue weighted by molar-refractivity contribution is 0.534. The molecule has 0 radical (unpaired) electrons.